The molecule has 1 unspecified atom stereocenters. The molecule has 1 aromatic carbocycles. The van der Waals surface area contributed by atoms with E-state index in [2.05, 4.69) is 17.1 Å². The molecular formula is C14H18ClN3O2. The lowest BCUT2D eigenvalue weighted by Gasteiger charge is -2.11. The molecule has 1 heterocycles. The maximum atomic E-state index is 5.91. The highest BCUT2D eigenvalue weighted by molar-refractivity contribution is 6.31. The smallest absolute Gasteiger partial charge is 0.260 e. The Morgan fingerprint density at radius 3 is 2.85 bits per heavy atom. The summed E-state index contributed by atoms with van der Waals surface area (Å²) in [6, 6.07) is 5.17. The topological polar surface area (TPSA) is 74.2 Å². The summed E-state index contributed by atoms with van der Waals surface area (Å²) >= 11 is 5.88. The van der Waals surface area contributed by atoms with Gasteiger partial charge >= 0.3 is 0 Å². The first-order valence-corrected chi connectivity index (χ1v) is 7.04. The third kappa shape index (κ3) is 3.29. The molecule has 0 saturated heterocycles. The van der Waals surface area contributed by atoms with Gasteiger partial charge in [-0.2, -0.15) is 4.98 Å². The Morgan fingerprint density at radius 2 is 2.20 bits per heavy atom. The molecule has 0 spiro atoms. The Bertz CT molecular complexity index is 565. The monoisotopic (exact) mass is 295 g/mol. The van der Waals surface area contributed by atoms with E-state index in [1.165, 1.54) is 0 Å². The molecule has 108 valence electrons. The average Bonchev–Trinajstić information content (AvgIpc) is 2.88. The normalized spacial score (nSPS) is 12.6. The first kappa shape index (κ1) is 14.8. The van der Waals surface area contributed by atoms with Crippen molar-refractivity contribution in [3.63, 3.8) is 0 Å². The van der Waals surface area contributed by atoms with Crippen molar-refractivity contribution in [3.8, 4) is 11.5 Å². The number of ether oxygens (including phenoxy) is 1. The fourth-order valence-corrected chi connectivity index (χ4v) is 2.13. The molecule has 1 aromatic heterocycles. The molecule has 20 heavy (non-hydrogen) atoms. The molecule has 0 fully saturated rings. The molecule has 2 aromatic rings. The highest BCUT2D eigenvalue weighted by Crippen LogP contribution is 2.29. The summed E-state index contributed by atoms with van der Waals surface area (Å²) in [6.07, 6.45) is 1.69. The maximum absolute atomic E-state index is 5.91. The molecule has 0 amide bonds. The second-order valence-electron chi connectivity index (χ2n) is 4.42. The van der Waals surface area contributed by atoms with E-state index < -0.39 is 0 Å². The summed E-state index contributed by atoms with van der Waals surface area (Å²) in [4.78, 5) is 4.38. The van der Waals surface area contributed by atoms with Crippen LogP contribution in [0.1, 0.15) is 38.6 Å². The van der Waals surface area contributed by atoms with Gasteiger partial charge in [0.1, 0.15) is 6.10 Å². The predicted molar refractivity (Wildman–Crippen MR) is 78.4 cm³/mol. The number of nitrogen functional groups attached to an aromatic ring is 1. The van der Waals surface area contributed by atoms with E-state index in [0.29, 0.717) is 34.6 Å². The number of anilines is 1. The highest BCUT2D eigenvalue weighted by Gasteiger charge is 2.19. The lowest BCUT2D eigenvalue weighted by molar-refractivity contribution is 0.0478. The Labute approximate surface area is 123 Å². The third-order valence-electron chi connectivity index (χ3n) is 2.89. The quantitative estimate of drug-likeness (QED) is 0.819. The fraction of sp³-hybridized carbons (Fsp3) is 0.429. The van der Waals surface area contributed by atoms with E-state index in [9.17, 15) is 0 Å². The summed E-state index contributed by atoms with van der Waals surface area (Å²) in [5, 5.41) is 4.57. The first-order chi connectivity index (χ1) is 9.65. The zero-order valence-corrected chi connectivity index (χ0v) is 12.4. The standard InChI is InChI=1S/C14H18ClN3O2/c1-3-5-12(19-4-2)13-17-14(20-18-13)10-7-6-9(15)8-11(10)16/h6-8,12H,3-5,16H2,1-2H3. The summed E-state index contributed by atoms with van der Waals surface area (Å²) in [5.41, 5.74) is 7.10. The van der Waals surface area contributed by atoms with E-state index in [0.717, 1.165) is 12.8 Å². The number of rotatable bonds is 6. The van der Waals surface area contributed by atoms with Crippen LogP contribution in [-0.4, -0.2) is 16.7 Å². The molecule has 0 radical (unpaired) electrons. The van der Waals surface area contributed by atoms with Crippen LogP contribution in [0, 0.1) is 0 Å². The Balaban J connectivity index is 2.27. The molecular weight excluding hydrogens is 278 g/mol. The second kappa shape index (κ2) is 6.72. The fourth-order valence-electron chi connectivity index (χ4n) is 1.95. The van der Waals surface area contributed by atoms with Crippen LogP contribution in [-0.2, 0) is 4.74 Å². The first-order valence-electron chi connectivity index (χ1n) is 6.66. The van der Waals surface area contributed by atoms with E-state index in [1.807, 2.05) is 6.92 Å². The van der Waals surface area contributed by atoms with Crippen molar-refractivity contribution in [1.29, 1.82) is 0 Å². The SMILES string of the molecule is CCCC(OCC)c1noc(-c2ccc(Cl)cc2N)n1. The van der Waals surface area contributed by atoms with Gasteiger partial charge in [-0.1, -0.05) is 30.1 Å². The number of benzene rings is 1. The Hall–Kier alpha value is -1.59. The van der Waals surface area contributed by atoms with Gasteiger partial charge < -0.3 is 15.0 Å². The number of aromatic nitrogens is 2. The largest absolute Gasteiger partial charge is 0.398 e. The van der Waals surface area contributed by atoms with Crippen LogP contribution in [0.4, 0.5) is 5.69 Å². The number of hydrogen-bond acceptors (Lipinski definition) is 5. The molecule has 0 aliphatic carbocycles. The van der Waals surface area contributed by atoms with Gasteiger partial charge in [-0.05, 0) is 31.5 Å². The van der Waals surface area contributed by atoms with Gasteiger partial charge in [-0.3, -0.25) is 0 Å². The average molecular weight is 296 g/mol. The number of nitrogens with zero attached hydrogens (tertiary/aromatic N) is 2. The zero-order chi connectivity index (χ0) is 14.5. The van der Waals surface area contributed by atoms with E-state index in [-0.39, 0.29) is 6.10 Å². The van der Waals surface area contributed by atoms with Gasteiger partial charge in [0.2, 0.25) is 5.82 Å². The molecule has 2 N–H and O–H groups in total. The number of halogens is 1. The van der Waals surface area contributed by atoms with Crippen molar-refractivity contribution in [2.45, 2.75) is 32.8 Å². The Kier molecular flexibility index (Phi) is 4.98. The summed E-state index contributed by atoms with van der Waals surface area (Å²) in [7, 11) is 0. The van der Waals surface area contributed by atoms with Crippen molar-refractivity contribution in [3.05, 3.63) is 29.0 Å². The third-order valence-corrected chi connectivity index (χ3v) is 3.13. The van der Waals surface area contributed by atoms with Gasteiger partial charge in [0.25, 0.3) is 5.89 Å². The molecule has 0 saturated carbocycles. The summed E-state index contributed by atoms with van der Waals surface area (Å²) < 4.78 is 10.9. The molecule has 0 aliphatic heterocycles. The predicted octanol–water partition coefficient (Wildman–Crippen LogP) is 3.85. The zero-order valence-electron chi connectivity index (χ0n) is 11.6. The van der Waals surface area contributed by atoms with Crippen molar-refractivity contribution in [1.82, 2.24) is 10.1 Å². The van der Waals surface area contributed by atoms with Gasteiger partial charge in [-0.25, -0.2) is 0 Å². The highest BCUT2D eigenvalue weighted by atomic mass is 35.5. The van der Waals surface area contributed by atoms with Gasteiger partial charge in [0, 0.05) is 17.3 Å². The van der Waals surface area contributed by atoms with Gasteiger partial charge in [0.15, 0.2) is 0 Å². The minimum absolute atomic E-state index is 0.143. The van der Waals surface area contributed by atoms with E-state index >= 15 is 0 Å². The Morgan fingerprint density at radius 1 is 1.40 bits per heavy atom. The van der Waals surface area contributed by atoms with Crippen molar-refractivity contribution in [2.75, 3.05) is 12.3 Å². The van der Waals surface area contributed by atoms with Crippen LogP contribution in [0.25, 0.3) is 11.5 Å². The van der Waals surface area contributed by atoms with Crippen LogP contribution in [0.15, 0.2) is 22.7 Å². The second-order valence-corrected chi connectivity index (χ2v) is 4.86. The minimum Gasteiger partial charge on any atom is -0.398 e. The summed E-state index contributed by atoms with van der Waals surface area (Å²) in [5.74, 6) is 0.938. The molecule has 0 bridgehead atoms. The maximum Gasteiger partial charge on any atom is 0.260 e. The summed E-state index contributed by atoms with van der Waals surface area (Å²) in [6.45, 7) is 4.64. The van der Waals surface area contributed by atoms with Crippen LogP contribution in [0.3, 0.4) is 0 Å². The minimum atomic E-state index is -0.143. The lowest BCUT2D eigenvalue weighted by Crippen LogP contribution is -2.06. The molecule has 6 heteroatoms. The number of hydrogen-bond donors (Lipinski definition) is 1. The van der Waals surface area contributed by atoms with Gasteiger partial charge in [0.05, 0.1) is 5.56 Å². The molecule has 2 rings (SSSR count). The van der Waals surface area contributed by atoms with Crippen LogP contribution in [0.2, 0.25) is 5.02 Å². The van der Waals surface area contributed by atoms with E-state index in [4.69, 9.17) is 26.6 Å². The molecule has 0 aliphatic rings. The van der Waals surface area contributed by atoms with Crippen LogP contribution < -0.4 is 5.73 Å². The van der Waals surface area contributed by atoms with Crippen molar-refractivity contribution < 1.29 is 9.26 Å². The molecule has 1 atom stereocenters. The van der Waals surface area contributed by atoms with E-state index in [1.54, 1.807) is 18.2 Å². The van der Waals surface area contributed by atoms with Crippen molar-refractivity contribution >= 4 is 17.3 Å². The van der Waals surface area contributed by atoms with Gasteiger partial charge in [-0.15, -0.1) is 0 Å². The number of nitrogens with two attached hydrogens (primary N) is 1. The lowest BCUT2D eigenvalue weighted by atomic mass is 10.1. The molecule has 5 nitrogen and oxygen atoms in total. The van der Waals surface area contributed by atoms with Crippen molar-refractivity contribution in [2.24, 2.45) is 0 Å². The van der Waals surface area contributed by atoms with Crippen LogP contribution >= 0.6 is 11.6 Å². The van der Waals surface area contributed by atoms with Crippen LogP contribution in [0.5, 0.6) is 0 Å².